The summed E-state index contributed by atoms with van der Waals surface area (Å²) in [7, 11) is 0. The van der Waals surface area contributed by atoms with Gasteiger partial charge in [-0.1, -0.05) is 50.6 Å². The predicted octanol–water partition coefficient (Wildman–Crippen LogP) is 7.58. The molecule has 168 valence electrons. The van der Waals surface area contributed by atoms with E-state index in [1.54, 1.807) is 24.3 Å². The van der Waals surface area contributed by atoms with Crippen LogP contribution in [0.5, 0.6) is 0 Å². The van der Waals surface area contributed by atoms with Gasteiger partial charge in [0.25, 0.3) is 0 Å². The first kappa shape index (κ1) is 23.8. The Morgan fingerprint density at radius 2 is 0.938 bits per heavy atom. The van der Waals surface area contributed by atoms with Crippen LogP contribution >= 0.6 is 0 Å². The highest BCUT2D eigenvalue weighted by atomic mass is 19.1. The van der Waals surface area contributed by atoms with Crippen molar-refractivity contribution >= 4 is 0 Å². The number of hydrogen-bond donors (Lipinski definition) is 0. The van der Waals surface area contributed by atoms with Gasteiger partial charge in [-0.25, -0.2) is 8.78 Å². The first-order valence-electron chi connectivity index (χ1n) is 10.7. The second kappa shape index (κ2) is 10.2. The van der Waals surface area contributed by atoms with Crippen molar-refractivity contribution in [2.24, 2.45) is 0 Å². The van der Waals surface area contributed by atoms with Crippen LogP contribution in [-0.2, 0) is 9.47 Å². The highest BCUT2D eigenvalue weighted by molar-refractivity contribution is 5.39. The molecule has 2 aromatic carbocycles. The molecule has 2 aliphatic heterocycles. The maximum absolute atomic E-state index is 12.8. The second-order valence-electron chi connectivity index (χ2n) is 8.42. The Morgan fingerprint density at radius 3 is 1.25 bits per heavy atom. The van der Waals surface area contributed by atoms with Crippen molar-refractivity contribution in [1.82, 2.24) is 0 Å². The maximum Gasteiger partial charge on any atom is 0.123 e. The van der Waals surface area contributed by atoms with Crippen LogP contribution < -0.4 is 0 Å². The van der Waals surface area contributed by atoms with Gasteiger partial charge in [0.1, 0.15) is 23.8 Å². The van der Waals surface area contributed by atoms with Crippen molar-refractivity contribution in [1.29, 1.82) is 0 Å². The van der Waals surface area contributed by atoms with Crippen LogP contribution in [0.25, 0.3) is 0 Å². The summed E-state index contributed by atoms with van der Waals surface area (Å²) in [5, 5.41) is 0. The third-order valence-corrected chi connectivity index (χ3v) is 5.69. The van der Waals surface area contributed by atoms with Gasteiger partial charge in [0.2, 0.25) is 0 Å². The summed E-state index contributed by atoms with van der Waals surface area (Å²) in [5.74, 6) is -0.478. The van der Waals surface area contributed by atoms with E-state index < -0.39 is 0 Å². The summed E-state index contributed by atoms with van der Waals surface area (Å²) < 4.78 is 37.3. The number of ether oxygens (including phenoxy) is 2. The molecule has 2 fully saturated rings. The fourth-order valence-corrected chi connectivity index (χ4v) is 3.89. The monoisotopic (exact) mass is 436 g/mol. The highest BCUT2D eigenvalue weighted by Crippen LogP contribution is 2.38. The number of hydrogen-bond acceptors (Lipinski definition) is 2. The number of halogens is 2. The zero-order chi connectivity index (χ0) is 23.4. The van der Waals surface area contributed by atoms with E-state index >= 15 is 0 Å². The van der Waals surface area contributed by atoms with Gasteiger partial charge in [0.15, 0.2) is 0 Å². The summed E-state index contributed by atoms with van der Waals surface area (Å²) in [6, 6.07) is 12.7. The fourth-order valence-electron chi connectivity index (χ4n) is 3.89. The van der Waals surface area contributed by atoms with E-state index in [1.807, 2.05) is 13.8 Å². The average Bonchev–Trinajstić information content (AvgIpc) is 2.75. The lowest BCUT2D eigenvalue weighted by atomic mass is 9.91. The first-order valence-corrected chi connectivity index (χ1v) is 10.7. The molecular formula is C28H30F2O2. The van der Waals surface area contributed by atoms with Crippen molar-refractivity contribution in [3.8, 4) is 0 Å². The highest BCUT2D eigenvalue weighted by Gasteiger charge is 2.27. The summed E-state index contributed by atoms with van der Waals surface area (Å²) in [4.78, 5) is 0. The van der Waals surface area contributed by atoms with E-state index in [4.69, 9.17) is 9.47 Å². The Labute approximate surface area is 189 Å². The minimum absolute atomic E-state index is 0.132. The van der Waals surface area contributed by atoms with Gasteiger partial charge in [0.05, 0.1) is 12.2 Å². The van der Waals surface area contributed by atoms with E-state index in [1.165, 1.54) is 24.3 Å². The average molecular weight is 437 g/mol. The molecule has 2 saturated heterocycles. The third kappa shape index (κ3) is 5.70. The van der Waals surface area contributed by atoms with E-state index in [2.05, 4.69) is 26.3 Å². The molecule has 0 spiro atoms. The molecule has 0 radical (unpaired) electrons. The molecule has 0 saturated carbocycles. The molecule has 0 N–H and O–H groups in total. The molecule has 2 aromatic rings. The van der Waals surface area contributed by atoms with Crippen molar-refractivity contribution in [2.45, 2.75) is 51.1 Å². The van der Waals surface area contributed by atoms with Gasteiger partial charge in [-0.15, -0.1) is 0 Å². The van der Waals surface area contributed by atoms with Gasteiger partial charge in [-0.2, -0.15) is 0 Å². The molecule has 32 heavy (non-hydrogen) atoms. The minimum atomic E-state index is -0.239. The summed E-state index contributed by atoms with van der Waals surface area (Å²) in [6.45, 7) is 20.0. The lowest BCUT2D eigenvalue weighted by Crippen LogP contribution is -2.22. The van der Waals surface area contributed by atoms with Crippen LogP contribution in [0.3, 0.4) is 0 Å². The molecule has 0 aromatic heterocycles. The van der Waals surface area contributed by atoms with Crippen LogP contribution in [0.4, 0.5) is 8.78 Å². The lowest BCUT2D eigenvalue weighted by molar-refractivity contribution is 0.00471. The second-order valence-corrected chi connectivity index (χ2v) is 8.42. The van der Waals surface area contributed by atoms with Crippen molar-refractivity contribution in [2.75, 3.05) is 0 Å². The van der Waals surface area contributed by atoms with E-state index in [0.717, 1.165) is 46.3 Å². The van der Waals surface area contributed by atoms with Crippen LogP contribution in [0.1, 0.15) is 50.0 Å². The molecule has 0 aliphatic carbocycles. The van der Waals surface area contributed by atoms with Crippen LogP contribution in [-0.4, -0.2) is 12.2 Å². The Morgan fingerprint density at radius 1 is 0.625 bits per heavy atom. The van der Waals surface area contributed by atoms with Crippen LogP contribution in [0.15, 0.2) is 97.1 Å². The topological polar surface area (TPSA) is 18.5 Å². The van der Waals surface area contributed by atoms with Crippen LogP contribution in [0, 0.1) is 11.6 Å². The van der Waals surface area contributed by atoms with E-state index in [0.29, 0.717) is 0 Å². The Kier molecular flexibility index (Phi) is 7.60. The maximum atomic E-state index is 12.8. The Balaban J connectivity index is 0.000000181. The zero-order valence-electron chi connectivity index (χ0n) is 18.7. The quantitative estimate of drug-likeness (QED) is 0.483. The summed E-state index contributed by atoms with van der Waals surface area (Å²) in [5.41, 5.74) is 5.69. The standard InChI is InChI=1S/2C14H15FO/c2*1-9-8-10(2)16-14(11(9)3)12-4-6-13(15)7-5-12/h2*4-7,10,14H,1,3,8H2,2H3. The summed E-state index contributed by atoms with van der Waals surface area (Å²) in [6.07, 6.45) is 1.53. The molecule has 4 heteroatoms. The summed E-state index contributed by atoms with van der Waals surface area (Å²) >= 11 is 0. The lowest BCUT2D eigenvalue weighted by Gasteiger charge is -2.31. The fraction of sp³-hybridized carbons (Fsp3) is 0.286. The van der Waals surface area contributed by atoms with Gasteiger partial charge in [-0.05, 0) is 84.4 Å². The molecule has 2 heterocycles. The third-order valence-electron chi connectivity index (χ3n) is 5.69. The van der Waals surface area contributed by atoms with Gasteiger partial charge >= 0.3 is 0 Å². The van der Waals surface area contributed by atoms with E-state index in [-0.39, 0.29) is 36.1 Å². The van der Waals surface area contributed by atoms with Crippen molar-refractivity contribution in [3.63, 3.8) is 0 Å². The molecule has 2 nitrogen and oxygen atoms in total. The Bertz CT molecular complexity index is 921. The van der Waals surface area contributed by atoms with Gasteiger partial charge in [0, 0.05) is 0 Å². The van der Waals surface area contributed by atoms with Gasteiger partial charge in [-0.3, -0.25) is 0 Å². The number of benzene rings is 2. The molecule has 2 aliphatic rings. The molecule has 4 atom stereocenters. The first-order chi connectivity index (χ1) is 15.2. The molecule has 0 amide bonds. The molecule has 4 unspecified atom stereocenters. The number of rotatable bonds is 2. The van der Waals surface area contributed by atoms with Gasteiger partial charge < -0.3 is 9.47 Å². The SMILES string of the molecule is C=C1CC(C)OC(c2ccc(F)cc2)C1=C.C=C1CC(C)OC(c2ccc(F)cc2)C1=C. The predicted molar refractivity (Wildman–Crippen MR) is 125 cm³/mol. The zero-order valence-corrected chi connectivity index (χ0v) is 18.7. The largest absolute Gasteiger partial charge is 0.366 e. The smallest absolute Gasteiger partial charge is 0.123 e. The molecule has 0 bridgehead atoms. The molecular weight excluding hydrogens is 406 g/mol. The van der Waals surface area contributed by atoms with Crippen molar-refractivity contribution < 1.29 is 18.3 Å². The molecule has 4 rings (SSSR count). The van der Waals surface area contributed by atoms with Crippen molar-refractivity contribution in [3.05, 3.63) is 120 Å². The van der Waals surface area contributed by atoms with Crippen LogP contribution in [0.2, 0.25) is 0 Å². The normalized spacial score (nSPS) is 25.9. The minimum Gasteiger partial charge on any atom is -0.366 e. The van der Waals surface area contributed by atoms with E-state index in [9.17, 15) is 8.78 Å². The Hall–Kier alpha value is -2.82.